The van der Waals surface area contributed by atoms with Crippen molar-refractivity contribution < 1.29 is 19.2 Å². The zero-order valence-corrected chi connectivity index (χ0v) is 66.2. The van der Waals surface area contributed by atoms with Crippen LogP contribution in [0, 0.1) is 25.7 Å². The Morgan fingerprint density at radius 3 is 1.34 bits per heavy atom. The minimum atomic E-state index is -2.54. The van der Waals surface area contributed by atoms with Gasteiger partial charge in [0.25, 0.3) is 23.6 Å². The predicted molar refractivity (Wildman–Crippen MR) is 418 cm³/mol. The van der Waals surface area contributed by atoms with E-state index >= 15 is 9.59 Å². The van der Waals surface area contributed by atoms with E-state index < -0.39 is 16.1 Å². The summed E-state index contributed by atoms with van der Waals surface area (Å²) in [6, 6.07) is 14.2. The number of hydrogen-bond acceptors (Lipinski definition) is 10. The van der Waals surface area contributed by atoms with Crippen molar-refractivity contribution in [2.24, 2.45) is 11.8 Å². The zero-order valence-electron chi connectivity index (χ0n) is 59.3. The summed E-state index contributed by atoms with van der Waals surface area (Å²) in [6.45, 7) is 21.6. The summed E-state index contributed by atoms with van der Waals surface area (Å²) in [5.74, 6) is 1.04. The Labute approximate surface area is 593 Å². The van der Waals surface area contributed by atoms with Gasteiger partial charge in [-0.05, 0) is 114 Å². The van der Waals surface area contributed by atoms with E-state index in [0.29, 0.717) is 41.3 Å². The van der Waals surface area contributed by atoms with Gasteiger partial charge in [-0.1, -0.05) is 254 Å². The van der Waals surface area contributed by atoms with Gasteiger partial charge in [0.15, 0.2) is 0 Å². The third-order valence-electron chi connectivity index (χ3n) is 22.9. The molecule has 94 heavy (non-hydrogen) atoms. The van der Waals surface area contributed by atoms with Gasteiger partial charge in [-0.15, -0.1) is 68.0 Å². The van der Waals surface area contributed by atoms with E-state index in [2.05, 4.69) is 86.6 Å². The fourth-order valence-electron chi connectivity index (χ4n) is 17.7. The molecule has 0 spiro atoms. The van der Waals surface area contributed by atoms with Crippen LogP contribution in [0.5, 0.6) is 0 Å². The van der Waals surface area contributed by atoms with Gasteiger partial charge in [-0.3, -0.25) is 29.0 Å². The Bertz CT molecular complexity index is 3570. The number of hydrogen-bond donors (Lipinski definition) is 0. The van der Waals surface area contributed by atoms with Gasteiger partial charge in [-0.25, -0.2) is 0 Å². The third kappa shape index (κ3) is 14.5. The summed E-state index contributed by atoms with van der Waals surface area (Å²) >= 11 is 11.2. The number of carbonyl (C=O) groups is 4. The van der Waals surface area contributed by atoms with Crippen molar-refractivity contribution in [2.45, 2.75) is 311 Å². The van der Waals surface area contributed by atoms with Crippen LogP contribution in [0.4, 0.5) is 0 Å². The minimum Gasteiger partial charge on any atom is -0.274 e. The van der Waals surface area contributed by atoms with E-state index in [0.717, 1.165) is 85.7 Å². The van der Waals surface area contributed by atoms with Crippen LogP contribution in [0.25, 0.3) is 48.8 Å². The monoisotopic (exact) mass is 1410 g/mol. The summed E-state index contributed by atoms with van der Waals surface area (Å²) in [6.07, 6.45) is 42.8. The first kappa shape index (κ1) is 72.2. The second-order valence-corrected chi connectivity index (χ2v) is 44.7. The summed E-state index contributed by atoms with van der Waals surface area (Å²) in [5.41, 5.74) is 3.35. The van der Waals surface area contributed by atoms with E-state index in [1.165, 1.54) is 227 Å². The SMILES string of the molecule is CCCCCCCCC[Si]1(CC(CC)CCCC)c2cc(-c3sc(C)c4c3C(=O)N(CCCCCCCC)C4=O)sc2-c2sc(-c3sc(-c4cc5c(s4)-c4sc(C)cc4[Si]5(CCCCCCCC)C4CCC(CCCC)C4)c4c3C(=O)N(CCCCCCCC)C4=O)cc21. The molecule has 10 heterocycles. The summed E-state index contributed by atoms with van der Waals surface area (Å²) in [7, 11) is -4.80. The first-order valence-corrected chi connectivity index (χ1v) is 48.0. The molecule has 5 unspecified atom stereocenters. The summed E-state index contributed by atoms with van der Waals surface area (Å²) in [5, 5.41) is 6.52. The molecule has 1 fully saturated rings. The van der Waals surface area contributed by atoms with Crippen LogP contribution in [0.2, 0.25) is 23.7 Å². The number of rotatable bonds is 42. The molecule has 14 heteroatoms. The van der Waals surface area contributed by atoms with Crippen molar-refractivity contribution in [1.82, 2.24) is 9.80 Å². The minimum absolute atomic E-state index is 0.0755. The topological polar surface area (TPSA) is 74.8 Å². The molecule has 1 saturated carbocycles. The largest absolute Gasteiger partial charge is 0.274 e. The number of aryl methyl sites for hydroxylation is 2. The van der Waals surface area contributed by atoms with Gasteiger partial charge in [0.2, 0.25) is 0 Å². The van der Waals surface area contributed by atoms with Crippen LogP contribution >= 0.6 is 68.0 Å². The Hall–Kier alpha value is -3.09. The number of nitrogens with zero attached hydrogens (tertiary/aromatic N) is 2. The maximum atomic E-state index is 15.7. The fraction of sp³-hybridized carbons (Fsp3) is 0.650. The Morgan fingerprint density at radius 1 is 0.415 bits per heavy atom. The highest BCUT2D eigenvalue weighted by Gasteiger charge is 2.55. The standard InChI is InChI=1S/C80H114N2O4S6Si2/c1-10-17-23-27-31-34-38-46-93(53-56(16-7)40-21-14-5)62-50-59(70-67-66(55(9)88-70)77(83)81(78(67)84)44-36-32-28-24-18-11-2)89-73(62)74-63(93)51-60(90-74)71-68-69(80(86)82(79(68)85)45-37-33-29-25-19-12-3)72(92-71)61-52-65-76(91-61)75-64(48-54(8)87-75)94(65,47-39-35-30-26-20-13-4)58-43-42-57(49-58)41-22-15-6/h48,50-52,56-58H,10-47,49,53H2,1-9H3. The average molecular weight is 1420 g/mol. The molecule has 0 saturated heterocycles. The molecule has 6 nitrogen and oxygen atoms in total. The smallest absolute Gasteiger partial charge is 0.263 e. The van der Waals surface area contributed by atoms with Crippen molar-refractivity contribution in [3.8, 4) is 48.8 Å². The lowest BCUT2D eigenvalue weighted by molar-refractivity contribution is 0.0636. The summed E-state index contributed by atoms with van der Waals surface area (Å²) in [4.78, 5) is 78.4. The molecule has 4 amide bonds. The molecule has 0 bridgehead atoms. The maximum absolute atomic E-state index is 15.7. The van der Waals surface area contributed by atoms with E-state index in [4.69, 9.17) is 0 Å². The first-order chi connectivity index (χ1) is 45.8. The highest BCUT2D eigenvalue weighted by atomic mass is 32.1. The molecule has 11 rings (SSSR count). The van der Waals surface area contributed by atoms with Gasteiger partial charge in [0.05, 0.1) is 36.9 Å². The van der Waals surface area contributed by atoms with Gasteiger partial charge < -0.3 is 0 Å². The third-order valence-corrected chi connectivity index (χ3v) is 42.4. The van der Waals surface area contributed by atoms with E-state index in [1.54, 1.807) is 53.2 Å². The predicted octanol–water partition coefficient (Wildman–Crippen LogP) is 24.4. The quantitative estimate of drug-likeness (QED) is 0.0217. The van der Waals surface area contributed by atoms with E-state index in [9.17, 15) is 9.59 Å². The van der Waals surface area contributed by atoms with Crippen LogP contribution in [-0.2, 0) is 0 Å². The van der Waals surface area contributed by atoms with Crippen molar-refractivity contribution in [2.75, 3.05) is 13.1 Å². The lowest BCUT2D eigenvalue weighted by atomic mass is 10.0. The van der Waals surface area contributed by atoms with Crippen molar-refractivity contribution in [3.05, 3.63) is 56.3 Å². The van der Waals surface area contributed by atoms with Crippen molar-refractivity contribution in [3.63, 3.8) is 0 Å². The molecule has 0 radical (unpaired) electrons. The number of unbranched alkanes of at least 4 members (excludes halogenated alkanes) is 23. The van der Waals surface area contributed by atoms with Crippen LogP contribution in [-0.4, -0.2) is 62.7 Å². The second-order valence-electron chi connectivity index (χ2n) is 29.5. The van der Waals surface area contributed by atoms with Crippen molar-refractivity contribution >= 4 is 129 Å². The molecule has 5 atom stereocenters. The van der Waals surface area contributed by atoms with Crippen LogP contribution in [0.1, 0.15) is 324 Å². The fourth-order valence-corrected chi connectivity index (χ4v) is 40.6. The molecule has 4 aliphatic heterocycles. The molecule has 0 aromatic carbocycles. The highest BCUT2D eigenvalue weighted by Crippen LogP contribution is 2.57. The van der Waals surface area contributed by atoms with Crippen molar-refractivity contribution in [1.29, 1.82) is 0 Å². The Morgan fingerprint density at radius 2 is 0.830 bits per heavy atom. The lowest BCUT2D eigenvalue weighted by Gasteiger charge is -2.35. The highest BCUT2D eigenvalue weighted by molar-refractivity contribution is 7.35. The number of imide groups is 2. The van der Waals surface area contributed by atoms with E-state index in [1.807, 2.05) is 45.3 Å². The number of fused-ring (bicyclic) bond motifs is 8. The van der Waals surface area contributed by atoms with Crippen LogP contribution < -0.4 is 20.7 Å². The van der Waals surface area contributed by atoms with E-state index in [-0.39, 0.29) is 23.6 Å². The molecule has 1 aliphatic carbocycles. The lowest BCUT2D eigenvalue weighted by Crippen LogP contribution is -2.58. The van der Waals surface area contributed by atoms with Gasteiger partial charge in [-0.2, -0.15) is 0 Å². The molecular weight excluding hydrogens is 1300 g/mol. The van der Waals surface area contributed by atoms with Gasteiger partial charge >= 0.3 is 0 Å². The first-order valence-electron chi connectivity index (χ1n) is 38.4. The van der Waals surface area contributed by atoms with Gasteiger partial charge in [0, 0.05) is 57.0 Å². The molecule has 6 aromatic rings. The Balaban J connectivity index is 1.04. The molecule has 0 N–H and O–H groups in total. The molecule has 5 aliphatic rings. The zero-order chi connectivity index (χ0) is 66.1. The number of thiophene rings is 6. The average Bonchev–Trinajstić information content (AvgIpc) is 1.54. The number of carbonyl (C=O) groups excluding carboxylic acids is 4. The number of amides is 4. The van der Waals surface area contributed by atoms with Crippen LogP contribution in [0.3, 0.4) is 0 Å². The Kier molecular flexibility index (Phi) is 25.6. The normalized spacial score (nSPS) is 19.8. The molecular formula is C80H114N2O4S6Si2. The summed E-state index contributed by atoms with van der Waals surface area (Å²) < 4.78 is 0. The maximum Gasteiger partial charge on any atom is 0.263 e. The molecule has 6 aromatic heterocycles. The van der Waals surface area contributed by atoms with Gasteiger partial charge in [0.1, 0.15) is 16.1 Å². The van der Waals surface area contributed by atoms with Crippen LogP contribution in [0.15, 0.2) is 24.3 Å². The molecule has 512 valence electrons. The second kappa shape index (κ2) is 33.4.